The van der Waals surface area contributed by atoms with Crippen LogP contribution in [0.2, 0.25) is 0 Å². The van der Waals surface area contributed by atoms with Crippen molar-refractivity contribution < 1.29 is 14.1 Å². The molecule has 3 aromatic rings. The monoisotopic (exact) mass is 433 g/mol. The van der Waals surface area contributed by atoms with Gasteiger partial charge in [-0.1, -0.05) is 35.0 Å². The number of rotatable bonds is 6. The summed E-state index contributed by atoms with van der Waals surface area (Å²) in [5.74, 6) is 0.881. The first kappa shape index (κ1) is 21.7. The molecule has 1 aliphatic rings. The minimum absolute atomic E-state index is 0.00662. The van der Waals surface area contributed by atoms with E-state index in [0.29, 0.717) is 36.2 Å². The first-order valence-electron chi connectivity index (χ1n) is 10.8. The van der Waals surface area contributed by atoms with Crippen LogP contribution in [0.15, 0.2) is 53.1 Å². The molecule has 1 fully saturated rings. The second-order valence-corrected chi connectivity index (χ2v) is 8.20. The third kappa shape index (κ3) is 5.59. The van der Waals surface area contributed by atoms with E-state index in [0.717, 1.165) is 24.9 Å². The van der Waals surface area contributed by atoms with Crippen LogP contribution in [0.25, 0.3) is 11.4 Å². The van der Waals surface area contributed by atoms with E-state index in [-0.39, 0.29) is 17.7 Å². The Morgan fingerprint density at radius 1 is 1.06 bits per heavy atom. The SMILES string of the molecule is CC(=O)Nc1ccc(NC(=O)C2CCCN(Cc3nc(-c4ccc(C)cc4)no3)C2)cc1. The normalized spacial score (nSPS) is 16.5. The van der Waals surface area contributed by atoms with Crippen LogP contribution in [0.4, 0.5) is 11.4 Å². The molecule has 8 nitrogen and oxygen atoms in total. The number of amides is 2. The highest BCUT2D eigenvalue weighted by Crippen LogP contribution is 2.22. The molecule has 0 spiro atoms. The topological polar surface area (TPSA) is 100 Å². The third-order valence-corrected chi connectivity index (χ3v) is 5.49. The maximum absolute atomic E-state index is 12.8. The van der Waals surface area contributed by atoms with Crippen LogP contribution >= 0.6 is 0 Å². The van der Waals surface area contributed by atoms with Crippen molar-refractivity contribution in [2.75, 3.05) is 23.7 Å². The molecule has 32 heavy (non-hydrogen) atoms. The number of aryl methyl sites for hydroxylation is 1. The first-order chi connectivity index (χ1) is 15.5. The number of piperidine rings is 1. The fraction of sp³-hybridized carbons (Fsp3) is 0.333. The molecule has 1 aliphatic heterocycles. The Morgan fingerprint density at radius 2 is 1.75 bits per heavy atom. The lowest BCUT2D eigenvalue weighted by atomic mass is 9.97. The number of aromatic nitrogens is 2. The zero-order valence-corrected chi connectivity index (χ0v) is 18.3. The van der Waals surface area contributed by atoms with Gasteiger partial charge >= 0.3 is 0 Å². The standard InChI is InChI=1S/C24H27N5O3/c1-16-5-7-18(8-6-16)23-27-22(32-28-23)15-29-13-3-4-19(14-29)24(31)26-21-11-9-20(10-12-21)25-17(2)30/h5-12,19H,3-4,13-15H2,1-2H3,(H,25,30)(H,26,31). The van der Waals surface area contributed by atoms with Crippen LogP contribution < -0.4 is 10.6 Å². The van der Waals surface area contributed by atoms with Crippen molar-refractivity contribution in [2.45, 2.75) is 33.2 Å². The minimum atomic E-state index is -0.128. The highest BCUT2D eigenvalue weighted by molar-refractivity contribution is 5.93. The largest absolute Gasteiger partial charge is 0.338 e. The van der Waals surface area contributed by atoms with E-state index in [1.54, 1.807) is 24.3 Å². The van der Waals surface area contributed by atoms with Crippen molar-refractivity contribution >= 4 is 23.2 Å². The molecule has 1 atom stereocenters. The predicted molar refractivity (Wildman–Crippen MR) is 122 cm³/mol. The molecule has 1 aromatic heterocycles. The fourth-order valence-corrected chi connectivity index (χ4v) is 3.83. The summed E-state index contributed by atoms with van der Waals surface area (Å²) < 4.78 is 5.45. The molecule has 2 N–H and O–H groups in total. The van der Waals surface area contributed by atoms with Crippen molar-refractivity contribution in [3.63, 3.8) is 0 Å². The smallest absolute Gasteiger partial charge is 0.241 e. The van der Waals surface area contributed by atoms with Gasteiger partial charge < -0.3 is 15.2 Å². The Labute approximate surface area is 187 Å². The predicted octanol–water partition coefficient (Wildman–Crippen LogP) is 3.85. The highest BCUT2D eigenvalue weighted by Gasteiger charge is 2.27. The molecule has 1 saturated heterocycles. The van der Waals surface area contributed by atoms with Crippen LogP contribution in [0.3, 0.4) is 0 Å². The summed E-state index contributed by atoms with van der Waals surface area (Å²) in [5, 5.41) is 9.79. The lowest BCUT2D eigenvalue weighted by molar-refractivity contribution is -0.121. The van der Waals surface area contributed by atoms with E-state index in [1.165, 1.54) is 12.5 Å². The van der Waals surface area contributed by atoms with Gasteiger partial charge in [-0.3, -0.25) is 14.5 Å². The lowest BCUT2D eigenvalue weighted by Crippen LogP contribution is -2.40. The quantitative estimate of drug-likeness (QED) is 0.612. The van der Waals surface area contributed by atoms with Gasteiger partial charge in [0.1, 0.15) is 0 Å². The molecule has 2 amide bonds. The molecular formula is C24H27N5O3. The van der Waals surface area contributed by atoms with Gasteiger partial charge in [-0.25, -0.2) is 0 Å². The van der Waals surface area contributed by atoms with E-state index in [9.17, 15) is 9.59 Å². The van der Waals surface area contributed by atoms with Crippen LogP contribution in [-0.4, -0.2) is 39.9 Å². The van der Waals surface area contributed by atoms with Crippen molar-refractivity contribution in [2.24, 2.45) is 5.92 Å². The molecule has 0 saturated carbocycles. The van der Waals surface area contributed by atoms with E-state index < -0.39 is 0 Å². The van der Waals surface area contributed by atoms with E-state index in [4.69, 9.17) is 4.52 Å². The summed E-state index contributed by atoms with van der Waals surface area (Å²) >= 11 is 0. The number of nitrogens with one attached hydrogen (secondary N) is 2. The Bertz CT molecular complexity index is 1080. The van der Waals surface area contributed by atoms with Crippen LogP contribution in [0.5, 0.6) is 0 Å². The van der Waals surface area contributed by atoms with Gasteiger partial charge in [0.15, 0.2) is 0 Å². The lowest BCUT2D eigenvalue weighted by Gasteiger charge is -2.30. The number of nitrogens with zero attached hydrogens (tertiary/aromatic N) is 3. The molecule has 4 rings (SSSR count). The molecule has 0 aliphatic carbocycles. The molecule has 8 heteroatoms. The first-order valence-corrected chi connectivity index (χ1v) is 10.8. The number of carbonyl (C=O) groups is 2. The number of hydrogen-bond donors (Lipinski definition) is 2. The molecule has 0 bridgehead atoms. The second kappa shape index (κ2) is 9.74. The van der Waals surface area contributed by atoms with Gasteiger partial charge in [0.25, 0.3) is 0 Å². The van der Waals surface area contributed by atoms with E-state index in [1.807, 2.05) is 31.2 Å². The molecule has 0 radical (unpaired) electrons. The summed E-state index contributed by atoms with van der Waals surface area (Å²) in [7, 11) is 0. The summed E-state index contributed by atoms with van der Waals surface area (Å²) in [6, 6.07) is 15.1. The second-order valence-electron chi connectivity index (χ2n) is 8.20. The van der Waals surface area contributed by atoms with Crippen LogP contribution in [-0.2, 0) is 16.1 Å². The van der Waals surface area contributed by atoms with Gasteiger partial charge in [0.05, 0.1) is 12.5 Å². The molecule has 2 heterocycles. The fourth-order valence-electron chi connectivity index (χ4n) is 3.83. The molecular weight excluding hydrogens is 406 g/mol. The number of likely N-dealkylation sites (tertiary alicyclic amines) is 1. The van der Waals surface area contributed by atoms with Gasteiger partial charge in [-0.2, -0.15) is 4.98 Å². The number of hydrogen-bond acceptors (Lipinski definition) is 6. The van der Waals surface area contributed by atoms with Crippen molar-refractivity contribution in [1.29, 1.82) is 0 Å². The van der Waals surface area contributed by atoms with Gasteiger partial charge in [0, 0.05) is 30.4 Å². The number of carbonyl (C=O) groups excluding carboxylic acids is 2. The summed E-state index contributed by atoms with van der Waals surface area (Å²) in [6.45, 7) is 5.54. The van der Waals surface area contributed by atoms with Crippen molar-refractivity contribution in [3.8, 4) is 11.4 Å². The van der Waals surface area contributed by atoms with Gasteiger partial charge in [0.2, 0.25) is 23.5 Å². The zero-order chi connectivity index (χ0) is 22.5. The zero-order valence-electron chi connectivity index (χ0n) is 18.3. The molecule has 1 unspecified atom stereocenters. The molecule has 166 valence electrons. The Hall–Kier alpha value is -3.52. The number of anilines is 2. The van der Waals surface area contributed by atoms with Crippen molar-refractivity contribution in [3.05, 3.63) is 60.0 Å². The Kier molecular flexibility index (Phi) is 6.61. The minimum Gasteiger partial charge on any atom is -0.338 e. The maximum Gasteiger partial charge on any atom is 0.241 e. The average Bonchev–Trinajstić information content (AvgIpc) is 3.24. The average molecular weight is 434 g/mol. The van der Waals surface area contributed by atoms with E-state index in [2.05, 4.69) is 25.7 Å². The van der Waals surface area contributed by atoms with Crippen LogP contribution in [0, 0.1) is 12.8 Å². The maximum atomic E-state index is 12.8. The van der Waals surface area contributed by atoms with Crippen molar-refractivity contribution in [1.82, 2.24) is 15.0 Å². The molecule has 2 aromatic carbocycles. The summed E-state index contributed by atoms with van der Waals surface area (Å²) in [4.78, 5) is 30.6. The third-order valence-electron chi connectivity index (χ3n) is 5.49. The highest BCUT2D eigenvalue weighted by atomic mass is 16.5. The van der Waals surface area contributed by atoms with Crippen LogP contribution in [0.1, 0.15) is 31.2 Å². The van der Waals surface area contributed by atoms with Gasteiger partial charge in [-0.15, -0.1) is 0 Å². The summed E-state index contributed by atoms with van der Waals surface area (Å²) in [5.41, 5.74) is 3.51. The Morgan fingerprint density at radius 3 is 2.44 bits per heavy atom. The number of benzene rings is 2. The summed E-state index contributed by atoms with van der Waals surface area (Å²) in [6.07, 6.45) is 1.77. The van der Waals surface area contributed by atoms with E-state index >= 15 is 0 Å². The van der Waals surface area contributed by atoms with Gasteiger partial charge in [-0.05, 0) is 50.6 Å². The Balaban J connectivity index is 1.32.